The maximum absolute atomic E-state index is 13.6. The molecule has 0 saturated heterocycles. The fourth-order valence-corrected chi connectivity index (χ4v) is 2.56. The van der Waals surface area contributed by atoms with Crippen LogP contribution in [-0.2, 0) is 10.0 Å². The van der Waals surface area contributed by atoms with Crippen molar-refractivity contribution in [2.24, 2.45) is 5.73 Å². The van der Waals surface area contributed by atoms with Crippen LogP contribution >= 0.6 is 12.2 Å². The lowest BCUT2D eigenvalue weighted by Crippen LogP contribution is -2.35. The van der Waals surface area contributed by atoms with E-state index in [1.807, 2.05) is 0 Å². The number of anilines is 1. The van der Waals surface area contributed by atoms with E-state index in [1.165, 1.54) is 19.1 Å². The first-order chi connectivity index (χ1) is 8.77. The largest absolute Gasteiger partial charge is 0.491 e. The first-order valence-electron chi connectivity index (χ1n) is 5.51. The lowest BCUT2D eigenvalue weighted by Gasteiger charge is -2.14. The van der Waals surface area contributed by atoms with Gasteiger partial charge in [0.05, 0.1) is 17.3 Å². The Kier molecular flexibility index (Phi) is 5.07. The summed E-state index contributed by atoms with van der Waals surface area (Å²) in [6.07, 6.45) is 0. The lowest BCUT2D eigenvalue weighted by atomic mass is 10.3. The van der Waals surface area contributed by atoms with Gasteiger partial charge in [0.25, 0.3) is 0 Å². The lowest BCUT2D eigenvalue weighted by molar-refractivity contribution is 0.321. The molecule has 1 aromatic rings. The quantitative estimate of drug-likeness (QED) is 0.781. The Labute approximate surface area is 117 Å². The number of nitrogens with two attached hydrogens (primary N) is 1. The van der Waals surface area contributed by atoms with Crippen LogP contribution in [0.5, 0.6) is 5.75 Å². The van der Waals surface area contributed by atoms with Crippen molar-refractivity contribution in [2.75, 3.05) is 11.3 Å². The summed E-state index contributed by atoms with van der Waals surface area (Å²) in [5.74, 6) is -0.585. The smallest absolute Gasteiger partial charge is 0.241 e. The number of benzene rings is 1. The number of ether oxygens (including phenoxy) is 1. The molecule has 0 spiro atoms. The van der Waals surface area contributed by atoms with Crippen LogP contribution in [0.3, 0.4) is 0 Å². The Morgan fingerprint density at radius 3 is 2.68 bits per heavy atom. The zero-order chi connectivity index (χ0) is 14.6. The summed E-state index contributed by atoms with van der Waals surface area (Å²) in [4.78, 5) is -0.154. The summed E-state index contributed by atoms with van der Waals surface area (Å²) >= 11 is 4.63. The van der Waals surface area contributed by atoms with E-state index in [4.69, 9.17) is 10.5 Å². The van der Waals surface area contributed by atoms with Gasteiger partial charge in [0, 0.05) is 6.07 Å². The number of rotatable bonds is 6. The Morgan fingerprint density at radius 2 is 2.21 bits per heavy atom. The molecule has 1 unspecified atom stereocenters. The Bertz CT molecular complexity index is 575. The van der Waals surface area contributed by atoms with Crippen molar-refractivity contribution in [1.82, 2.24) is 0 Å². The van der Waals surface area contributed by atoms with Crippen molar-refractivity contribution in [3.63, 3.8) is 0 Å². The molecule has 0 aromatic heterocycles. The maximum Gasteiger partial charge on any atom is 0.241 e. The minimum absolute atomic E-state index is 0.0628. The molecule has 0 aliphatic heterocycles. The molecule has 0 saturated carbocycles. The van der Waals surface area contributed by atoms with E-state index in [1.54, 1.807) is 6.92 Å². The third-order valence-electron chi connectivity index (χ3n) is 2.36. The number of hydrogen-bond donors (Lipinski definition) is 2. The third-order valence-corrected chi connectivity index (χ3v) is 4.57. The molecule has 8 heteroatoms. The van der Waals surface area contributed by atoms with Gasteiger partial charge in [0.1, 0.15) is 5.25 Å². The van der Waals surface area contributed by atoms with Crippen LogP contribution in [0.1, 0.15) is 13.8 Å². The van der Waals surface area contributed by atoms with Crippen LogP contribution in [0, 0.1) is 5.82 Å². The number of sulfonamides is 1. The van der Waals surface area contributed by atoms with Gasteiger partial charge in [-0.05, 0) is 26.0 Å². The van der Waals surface area contributed by atoms with Gasteiger partial charge in [0.15, 0.2) is 11.6 Å². The van der Waals surface area contributed by atoms with E-state index in [0.29, 0.717) is 6.61 Å². The van der Waals surface area contributed by atoms with E-state index in [9.17, 15) is 12.8 Å². The molecule has 1 atom stereocenters. The zero-order valence-electron chi connectivity index (χ0n) is 10.5. The van der Waals surface area contributed by atoms with Crippen molar-refractivity contribution in [1.29, 1.82) is 0 Å². The highest BCUT2D eigenvalue weighted by Gasteiger charge is 2.23. The fraction of sp³-hybridized carbons (Fsp3) is 0.364. The second-order valence-corrected chi connectivity index (χ2v) is 6.24. The minimum atomic E-state index is -3.78. The molecule has 0 amide bonds. The summed E-state index contributed by atoms with van der Waals surface area (Å²) in [7, 11) is -3.78. The predicted octanol–water partition coefficient (Wildman–Crippen LogP) is 1.64. The summed E-state index contributed by atoms with van der Waals surface area (Å²) in [5.41, 5.74) is 5.37. The third kappa shape index (κ3) is 4.03. The average Bonchev–Trinajstić information content (AvgIpc) is 2.31. The Hall–Kier alpha value is -1.41. The first-order valence-corrected chi connectivity index (χ1v) is 7.46. The van der Waals surface area contributed by atoms with Crippen LogP contribution < -0.4 is 15.2 Å². The molecule has 106 valence electrons. The van der Waals surface area contributed by atoms with Crippen molar-refractivity contribution < 1.29 is 17.5 Å². The van der Waals surface area contributed by atoms with Gasteiger partial charge in [-0.1, -0.05) is 12.2 Å². The molecule has 5 nitrogen and oxygen atoms in total. The molecule has 1 rings (SSSR count). The molecule has 3 N–H and O–H groups in total. The topological polar surface area (TPSA) is 81.4 Å². The van der Waals surface area contributed by atoms with Gasteiger partial charge in [-0.3, -0.25) is 4.72 Å². The highest BCUT2D eigenvalue weighted by atomic mass is 32.2. The van der Waals surface area contributed by atoms with Crippen molar-refractivity contribution in [2.45, 2.75) is 19.1 Å². The molecule has 19 heavy (non-hydrogen) atoms. The van der Waals surface area contributed by atoms with Crippen LogP contribution in [0.15, 0.2) is 18.2 Å². The summed E-state index contributed by atoms with van der Waals surface area (Å²) in [6, 6.07) is 3.79. The van der Waals surface area contributed by atoms with Gasteiger partial charge in [0.2, 0.25) is 10.0 Å². The molecular formula is C11H15FN2O3S2. The van der Waals surface area contributed by atoms with E-state index < -0.39 is 21.1 Å². The van der Waals surface area contributed by atoms with Crippen LogP contribution in [0.2, 0.25) is 0 Å². The van der Waals surface area contributed by atoms with Crippen LogP contribution in [0.25, 0.3) is 0 Å². The van der Waals surface area contributed by atoms with Gasteiger partial charge in [-0.25, -0.2) is 12.8 Å². The van der Waals surface area contributed by atoms with E-state index in [2.05, 4.69) is 16.9 Å². The van der Waals surface area contributed by atoms with Crippen LogP contribution in [0.4, 0.5) is 10.1 Å². The molecule has 0 fully saturated rings. The molecule has 0 aliphatic carbocycles. The number of halogens is 1. The van der Waals surface area contributed by atoms with Gasteiger partial charge < -0.3 is 10.5 Å². The number of thiocarbonyl (C=S) groups is 1. The van der Waals surface area contributed by atoms with E-state index in [0.717, 1.165) is 6.07 Å². The molecular weight excluding hydrogens is 291 g/mol. The number of nitrogens with one attached hydrogen (secondary N) is 1. The second kappa shape index (κ2) is 6.16. The van der Waals surface area contributed by atoms with Gasteiger partial charge >= 0.3 is 0 Å². The molecule has 0 aliphatic rings. The zero-order valence-corrected chi connectivity index (χ0v) is 12.1. The predicted molar refractivity (Wildman–Crippen MR) is 76.4 cm³/mol. The normalized spacial score (nSPS) is 12.8. The average molecular weight is 306 g/mol. The highest BCUT2D eigenvalue weighted by Crippen LogP contribution is 2.22. The minimum Gasteiger partial charge on any atom is -0.491 e. The molecule has 0 bridgehead atoms. The van der Waals surface area contributed by atoms with Crippen molar-refractivity contribution in [3.05, 3.63) is 24.0 Å². The van der Waals surface area contributed by atoms with Crippen LogP contribution in [-0.4, -0.2) is 25.3 Å². The van der Waals surface area contributed by atoms with E-state index >= 15 is 0 Å². The standard InChI is InChI=1S/C11H15FN2O3S2/c1-3-17-10-5-4-8(6-9(10)12)14-19(15,16)7(2)11(13)18/h4-7,14H,3H2,1-2H3,(H2,13,18). The summed E-state index contributed by atoms with van der Waals surface area (Å²) in [5, 5.41) is -1.04. The fourth-order valence-electron chi connectivity index (χ4n) is 1.24. The van der Waals surface area contributed by atoms with Gasteiger partial charge in [-0.2, -0.15) is 0 Å². The summed E-state index contributed by atoms with van der Waals surface area (Å²) < 4.78 is 44.5. The molecule has 1 aromatic carbocycles. The maximum atomic E-state index is 13.6. The Morgan fingerprint density at radius 1 is 1.58 bits per heavy atom. The van der Waals surface area contributed by atoms with Crippen molar-refractivity contribution in [3.8, 4) is 5.75 Å². The Balaban J connectivity index is 2.95. The van der Waals surface area contributed by atoms with Crippen molar-refractivity contribution >= 4 is 32.9 Å². The van der Waals surface area contributed by atoms with E-state index in [-0.39, 0.29) is 16.4 Å². The number of hydrogen-bond acceptors (Lipinski definition) is 4. The first kappa shape index (κ1) is 15.6. The monoisotopic (exact) mass is 306 g/mol. The highest BCUT2D eigenvalue weighted by molar-refractivity contribution is 7.95. The second-order valence-electron chi connectivity index (χ2n) is 3.77. The van der Waals surface area contributed by atoms with Gasteiger partial charge in [-0.15, -0.1) is 0 Å². The molecule has 0 heterocycles. The summed E-state index contributed by atoms with van der Waals surface area (Å²) in [6.45, 7) is 3.40. The SMILES string of the molecule is CCOc1ccc(NS(=O)(=O)C(C)C(N)=S)cc1F. The molecule has 0 radical (unpaired) electrons.